The lowest BCUT2D eigenvalue weighted by molar-refractivity contribution is -0.167. The zero-order valence-electron chi connectivity index (χ0n) is 48.0. The van der Waals surface area contributed by atoms with Gasteiger partial charge in [-0.25, -0.2) is 0 Å². The monoisotopic (exact) mass is 999 g/mol. The molecule has 0 aliphatic heterocycles. The number of hydrogen-bond acceptors (Lipinski definition) is 6. The Balaban J connectivity index is 4.33. The molecule has 0 saturated carbocycles. The normalized spacial score (nSPS) is 12.1. The van der Waals surface area contributed by atoms with E-state index in [1.807, 2.05) is 0 Å². The third-order valence-electron chi connectivity index (χ3n) is 14.4. The average Bonchev–Trinajstić information content (AvgIpc) is 3.37. The highest BCUT2D eigenvalue weighted by molar-refractivity contribution is 5.71. The van der Waals surface area contributed by atoms with Crippen LogP contribution in [0, 0.1) is 0 Å². The zero-order valence-corrected chi connectivity index (χ0v) is 48.0. The van der Waals surface area contributed by atoms with Crippen molar-refractivity contribution in [1.29, 1.82) is 0 Å². The molecule has 0 amide bonds. The van der Waals surface area contributed by atoms with E-state index in [1.165, 1.54) is 250 Å². The fourth-order valence-electron chi connectivity index (χ4n) is 9.61. The van der Waals surface area contributed by atoms with Crippen molar-refractivity contribution < 1.29 is 28.6 Å². The minimum Gasteiger partial charge on any atom is -0.462 e. The molecule has 0 bridgehead atoms. The second-order valence-electron chi connectivity index (χ2n) is 21.7. The zero-order chi connectivity index (χ0) is 51.4. The predicted molar refractivity (Wildman–Crippen MR) is 307 cm³/mol. The first-order chi connectivity index (χ1) is 35.0. The Hall–Kier alpha value is -2.11. The number of hydrogen-bond donors (Lipinski definition) is 0. The Kier molecular flexibility index (Phi) is 58.6. The summed E-state index contributed by atoms with van der Waals surface area (Å²) in [5.41, 5.74) is 0. The molecule has 0 fully saturated rings. The van der Waals surface area contributed by atoms with Crippen molar-refractivity contribution in [3.8, 4) is 0 Å². The molecule has 6 heteroatoms. The smallest absolute Gasteiger partial charge is 0.306 e. The van der Waals surface area contributed by atoms with Crippen LogP contribution in [0.2, 0.25) is 0 Å². The minimum absolute atomic E-state index is 0.0706. The number of carbonyl (C=O) groups is 3. The van der Waals surface area contributed by atoms with Crippen LogP contribution in [0.3, 0.4) is 0 Å². The van der Waals surface area contributed by atoms with Gasteiger partial charge in [0.15, 0.2) is 6.10 Å². The summed E-state index contributed by atoms with van der Waals surface area (Å²) in [5.74, 6) is -0.858. The maximum Gasteiger partial charge on any atom is 0.306 e. The van der Waals surface area contributed by atoms with Crippen molar-refractivity contribution in [2.24, 2.45) is 0 Å². The highest BCUT2D eigenvalue weighted by Crippen LogP contribution is 2.17. The second-order valence-corrected chi connectivity index (χ2v) is 21.7. The number of allylic oxidation sites excluding steroid dienone is 4. The molecule has 0 saturated heterocycles. The SMILES string of the molecule is CCCCCCCCC/C=C\CCCCCCCCCC(=O)OC(COC(=O)CCCCCCC/C=C\CCCCCCCCC)COC(=O)CCCCCCCCCCCCCCCCCCCCC. The van der Waals surface area contributed by atoms with Crippen molar-refractivity contribution in [1.82, 2.24) is 0 Å². The summed E-state index contributed by atoms with van der Waals surface area (Å²) in [7, 11) is 0. The van der Waals surface area contributed by atoms with Gasteiger partial charge in [0.2, 0.25) is 0 Å². The van der Waals surface area contributed by atoms with Gasteiger partial charge in [0.25, 0.3) is 0 Å². The molecule has 1 atom stereocenters. The number of carbonyl (C=O) groups excluding carboxylic acids is 3. The minimum atomic E-state index is -0.774. The van der Waals surface area contributed by atoms with E-state index in [0.29, 0.717) is 19.3 Å². The third kappa shape index (κ3) is 58.7. The van der Waals surface area contributed by atoms with E-state index in [0.717, 1.165) is 64.2 Å². The summed E-state index contributed by atoms with van der Waals surface area (Å²) < 4.78 is 16.9. The second kappa shape index (κ2) is 60.4. The molecule has 0 aliphatic rings. The largest absolute Gasteiger partial charge is 0.462 e. The predicted octanol–water partition coefficient (Wildman–Crippen LogP) is 21.4. The quantitative estimate of drug-likeness (QED) is 0.0261. The van der Waals surface area contributed by atoms with Crippen LogP contribution >= 0.6 is 0 Å². The molecule has 6 nitrogen and oxygen atoms in total. The molecule has 0 spiro atoms. The maximum absolute atomic E-state index is 12.9. The van der Waals surface area contributed by atoms with Crippen molar-refractivity contribution in [3.05, 3.63) is 24.3 Å². The highest BCUT2D eigenvalue weighted by atomic mass is 16.6. The van der Waals surface area contributed by atoms with Crippen LogP contribution in [0.5, 0.6) is 0 Å². The molecule has 0 aromatic carbocycles. The Morgan fingerprint density at radius 1 is 0.268 bits per heavy atom. The first-order valence-corrected chi connectivity index (χ1v) is 31.8. The molecule has 1 unspecified atom stereocenters. The molecule has 0 aliphatic carbocycles. The van der Waals surface area contributed by atoms with E-state index in [1.54, 1.807) is 0 Å². The highest BCUT2D eigenvalue weighted by Gasteiger charge is 2.19. The van der Waals surface area contributed by atoms with Gasteiger partial charge < -0.3 is 14.2 Å². The lowest BCUT2D eigenvalue weighted by Crippen LogP contribution is -2.30. The van der Waals surface area contributed by atoms with Crippen molar-refractivity contribution in [2.75, 3.05) is 13.2 Å². The Morgan fingerprint density at radius 2 is 0.465 bits per heavy atom. The summed E-state index contributed by atoms with van der Waals surface area (Å²) in [6.45, 7) is 6.69. The first kappa shape index (κ1) is 68.9. The van der Waals surface area contributed by atoms with Crippen LogP contribution in [0.15, 0.2) is 24.3 Å². The van der Waals surface area contributed by atoms with Crippen LogP contribution in [0.1, 0.15) is 355 Å². The molecular formula is C65H122O6. The topological polar surface area (TPSA) is 78.9 Å². The molecule has 0 heterocycles. The van der Waals surface area contributed by atoms with Crippen molar-refractivity contribution in [3.63, 3.8) is 0 Å². The number of rotatable bonds is 59. The van der Waals surface area contributed by atoms with Crippen LogP contribution in [-0.2, 0) is 28.6 Å². The van der Waals surface area contributed by atoms with Gasteiger partial charge in [-0.2, -0.15) is 0 Å². The van der Waals surface area contributed by atoms with Gasteiger partial charge in [-0.15, -0.1) is 0 Å². The molecule has 0 aromatic rings. The van der Waals surface area contributed by atoms with E-state index >= 15 is 0 Å². The molecule has 71 heavy (non-hydrogen) atoms. The fourth-order valence-corrected chi connectivity index (χ4v) is 9.61. The van der Waals surface area contributed by atoms with Gasteiger partial charge in [0.05, 0.1) is 0 Å². The van der Waals surface area contributed by atoms with E-state index in [2.05, 4.69) is 45.1 Å². The summed E-state index contributed by atoms with van der Waals surface area (Å²) in [5, 5.41) is 0. The number of esters is 3. The summed E-state index contributed by atoms with van der Waals surface area (Å²) >= 11 is 0. The fraction of sp³-hybridized carbons (Fsp3) is 0.892. The van der Waals surface area contributed by atoms with Crippen molar-refractivity contribution in [2.45, 2.75) is 361 Å². The standard InChI is InChI=1S/C65H122O6/c1-4-7-10-13-16-19-22-25-28-31-33-35-37-40-43-46-49-52-55-58-64(67)70-61-62(60-69-63(66)57-54-51-48-45-42-39-36-30-27-24-21-18-15-12-9-6-3)71-65(68)59-56-53-50-47-44-41-38-34-32-29-26-23-20-17-14-11-8-5-2/h29-30,32,36,62H,4-28,31,33-35,37-61H2,1-3H3/b32-29-,36-30-. The molecule has 0 radical (unpaired) electrons. The number of unbranched alkanes of at least 4 members (excludes halogenated alkanes) is 44. The van der Waals surface area contributed by atoms with Crippen LogP contribution in [0.25, 0.3) is 0 Å². The van der Waals surface area contributed by atoms with E-state index < -0.39 is 6.10 Å². The molecule has 0 aromatic heterocycles. The summed E-state index contributed by atoms with van der Waals surface area (Å²) in [4.78, 5) is 38.3. The molecule has 0 N–H and O–H groups in total. The summed E-state index contributed by atoms with van der Waals surface area (Å²) in [6, 6.07) is 0. The summed E-state index contributed by atoms with van der Waals surface area (Å²) in [6.07, 6.45) is 71.8. The van der Waals surface area contributed by atoms with Gasteiger partial charge in [-0.05, 0) is 70.6 Å². The average molecular weight is 1000 g/mol. The molecular weight excluding hydrogens is 877 g/mol. The van der Waals surface area contributed by atoms with Gasteiger partial charge in [-0.3, -0.25) is 14.4 Å². The number of ether oxygens (including phenoxy) is 3. The lowest BCUT2D eigenvalue weighted by atomic mass is 10.0. The van der Waals surface area contributed by atoms with Crippen molar-refractivity contribution >= 4 is 17.9 Å². The Morgan fingerprint density at radius 3 is 0.704 bits per heavy atom. The maximum atomic E-state index is 12.9. The van der Waals surface area contributed by atoms with Crippen LogP contribution in [0.4, 0.5) is 0 Å². The lowest BCUT2D eigenvalue weighted by Gasteiger charge is -2.18. The van der Waals surface area contributed by atoms with Crippen LogP contribution in [-0.4, -0.2) is 37.2 Å². The first-order valence-electron chi connectivity index (χ1n) is 31.8. The van der Waals surface area contributed by atoms with E-state index in [9.17, 15) is 14.4 Å². The molecule has 0 rings (SSSR count). The Labute approximate surface area is 443 Å². The Bertz CT molecular complexity index is 1150. The van der Waals surface area contributed by atoms with Gasteiger partial charge in [0.1, 0.15) is 13.2 Å². The van der Waals surface area contributed by atoms with E-state index in [4.69, 9.17) is 14.2 Å². The van der Waals surface area contributed by atoms with Gasteiger partial charge >= 0.3 is 17.9 Å². The molecule has 418 valence electrons. The van der Waals surface area contributed by atoms with Gasteiger partial charge in [0, 0.05) is 19.3 Å². The van der Waals surface area contributed by atoms with E-state index in [-0.39, 0.29) is 31.1 Å². The van der Waals surface area contributed by atoms with Gasteiger partial charge in [-0.1, -0.05) is 289 Å². The third-order valence-corrected chi connectivity index (χ3v) is 14.4. The van der Waals surface area contributed by atoms with Crippen LogP contribution < -0.4 is 0 Å².